The van der Waals surface area contributed by atoms with Gasteiger partial charge >= 0.3 is 6.16 Å². The lowest BCUT2D eigenvalue weighted by Crippen LogP contribution is -2.41. The average molecular weight is 393 g/mol. The summed E-state index contributed by atoms with van der Waals surface area (Å²) in [6.45, 7) is 12.9. The molecule has 2 aromatic carbocycles. The van der Waals surface area contributed by atoms with Crippen LogP contribution in [0.1, 0.15) is 56.7 Å². The van der Waals surface area contributed by atoms with Crippen LogP contribution in [0.4, 0.5) is 4.79 Å². The number of rotatable bonds is 5. The first kappa shape index (κ1) is 21.2. The zero-order valence-electron chi connectivity index (χ0n) is 18.0. The van der Waals surface area contributed by atoms with Crippen molar-refractivity contribution in [3.05, 3.63) is 77.9 Å². The minimum absolute atomic E-state index is 0.0233. The molecule has 2 atom stereocenters. The van der Waals surface area contributed by atoms with Crippen molar-refractivity contribution in [3.63, 3.8) is 0 Å². The Balaban J connectivity index is 1.92. The Morgan fingerprint density at radius 1 is 1.07 bits per heavy atom. The zero-order chi connectivity index (χ0) is 21.1. The molecule has 0 aromatic heterocycles. The first-order valence-electron chi connectivity index (χ1n) is 10.4. The van der Waals surface area contributed by atoms with E-state index in [9.17, 15) is 4.79 Å². The summed E-state index contributed by atoms with van der Waals surface area (Å²) in [4.78, 5) is 11.7. The van der Waals surface area contributed by atoms with Gasteiger partial charge in [-0.3, -0.25) is 0 Å². The molecule has 3 rings (SSSR count). The number of carbonyl (C=O) groups excluding carboxylic acids is 1. The van der Waals surface area contributed by atoms with E-state index in [1.54, 1.807) is 0 Å². The summed E-state index contributed by atoms with van der Waals surface area (Å²) in [5.41, 5.74) is 4.23. The summed E-state index contributed by atoms with van der Waals surface area (Å²) in [5, 5.41) is 0. The molecule has 0 N–H and O–H groups in total. The Labute approximate surface area is 174 Å². The van der Waals surface area contributed by atoms with Crippen molar-refractivity contribution in [1.29, 1.82) is 0 Å². The molecule has 0 heterocycles. The van der Waals surface area contributed by atoms with Crippen molar-refractivity contribution in [1.82, 2.24) is 0 Å². The van der Waals surface area contributed by atoms with Gasteiger partial charge in [-0.2, -0.15) is 0 Å². The first-order valence-corrected chi connectivity index (χ1v) is 10.4. The van der Waals surface area contributed by atoms with Gasteiger partial charge in [0.25, 0.3) is 0 Å². The fourth-order valence-corrected chi connectivity index (χ4v) is 4.34. The maximum Gasteiger partial charge on any atom is 0.514 e. The van der Waals surface area contributed by atoms with E-state index in [1.807, 2.05) is 12.1 Å². The summed E-state index contributed by atoms with van der Waals surface area (Å²) in [5.74, 6) is 1.09. The van der Waals surface area contributed by atoms with Crippen molar-refractivity contribution in [3.8, 4) is 5.75 Å². The Kier molecular flexibility index (Phi) is 6.16. The van der Waals surface area contributed by atoms with Gasteiger partial charge in [-0.05, 0) is 60.8 Å². The predicted octanol–water partition coefficient (Wildman–Crippen LogP) is 6.83. The van der Waals surface area contributed by atoms with E-state index in [1.165, 1.54) is 29.2 Å². The second-order valence-electron chi connectivity index (χ2n) is 9.02. The third kappa shape index (κ3) is 4.55. The molecule has 154 valence electrons. The van der Waals surface area contributed by atoms with Gasteiger partial charge in [-0.1, -0.05) is 75.4 Å². The van der Waals surface area contributed by atoms with E-state index in [0.717, 1.165) is 12.8 Å². The number of hydrogen-bond acceptors (Lipinski definition) is 3. The molecule has 0 spiro atoms. The molecule has 3 heteroatoms. The molecule has 1 aliphatic carbocycles. The highest BCUT2D eigenvalue weighted by Crippen LogP contribution is 2.53. The summed E-state index contributed by atoms with van der Waals surface area (Å²) < 4.78 is 10.2. The minimum atomic E-state index is -0.709. The molecular weight excluding hydrogens is 360 g/mol. The third-order valence-electron chi connectivity index (χ3n) is 6.72. The molecule has 3 nitrogen and oxygen atoms in total. The fourth-order valence-electron chi connectivity index (χ4n) is 4.34. The van der Waals surface area contributed by atoms with E-state index in [2.05, 4.69) is 70.7 Å². The Bertz CT molecular complexity index is 849. The summed E-state index contributed by atoms with van der Waals surface area (Å²) in [7, 11) is 0. The Morgan fingerprint density at radius 2 is 1.66 bits per heavy atom. The molecule has 0 saturated heterocycles. The van der Waals surface area contributed by atoms with Crippen molar-refractivity contribution in [2.24, 2.45) is 11.3 Å². The lowest BCUT2D eigenvalue weighted by molar-refractivity contribution is 0.107. The molecule has 29 heavy (non-hydrogen) atoms. The van der Waals surface area contributed by atoms with Crippen molar-refractivity contribution < 1.29 is 14.3 Å². The maximum absolute atomic E-state index is 11.7. The van der Waals surface area contributed by atoms with Gasteiger partial charge in [-0.25, -0.2) is 4.79 Å². The van der Waals surface area contributed by atoms with Gasteiger partial charge in [0, 0.05) is 5.41 Å². The standard InChI is InChI=1S/C26H32O3/c1-6-17-28-24(27)29-23-13-11-22(12-14-23)26(21-9-7-19(2)8-10-21)16-15-25(4,5)20(3)18-26/h6-14,20H,1,15-18H2,2-5H3. The van der Waals surface area contributed by atoms with Crippen LogP contribution in [0.25, 0.3) is 0 Å². The lowest BCUT2D eigenvalue weighted by atomic mass is 9.56. The van der Waals surface area contributed by atoms with Gasteiger partial charge < -0.3 is 9.47 Å². The monoisotopic (exact) mass is 392 g/mol. The normalized spacial score (nSPS) is 23.2. The van der Waals surface area contributed by atoms with E-state index >= 15 is 0 Å². The van der Waals surface area contributed by atoms with Crippen LogP contribution in [0, 0.1) is 18.3 Å². The summed E-state index contributed by atoms with van der Waals surface area (Å²) in [6, 6.07) is 16.9. The number of aryl methyl sites for hydroxylation is 1. The van der Waals surface area contributed by atoms with Gasteiger partial charge in [-0.15, -0.1) is 0 Å². The van der Waals surface area contributed by atoms with Crippen LogP contribution in [0.15, 0.2) is 61.2 Å². The van der Waals surface area contributed by atoms with Crippen LogP contribution in [0.2, 0.25) is 0 Å². The molecule has 0 aliphatic heterocycles. The van der Waals surface area contributed by atoms with E-state index in [-0.39, 0.29) is 12.0 Å². The quantitative estimate of drug-likeness (QED) is 0.318. The highest BCUT2D eigenvalue weighted by molar-refractivity contribution is 5.64. The topological polar surface area (TPSA) is 35.5 Å². The molecule has 0 radical (unpaired) electrons. The van der Waals surface area contributed by atoms with Gasteiger partial charge in [0.05, 0.1) is 0 Å². The Hall–Kier alpha value is -2.55. The molecule has 0 bridgehead atoms. The van der Waals surface area contributed by atoms with Crippen molar-refractivity contribution in [2.75, 3.05) is 6.61 Å². The fraction of sp³-hybridized carbons (Fsp3) is 0.423. The van der Waals surface area contributed by atoms with Crippen LogP contribution in [0.5, 0.6) is 5.75 Å². The van der Waals surface area contributed by atoms with Gasteiger partial charge in [0.15, 0.2) is 0 Å². The van der Waals surface area contributed by atoms with Crippen molar-refractivity contribution in [2.45, 2.75) is 52.4 Å². The summed E-state index contributed by atoms with van der Waals surface area (Å²) in [6.07, 6.45) is 4.19. The number of ether oxygens (including phenoxy) is 2. The zero-order valence-corrected chi connectivity index (χ0v) is 18.0. The van der Waals surface area contributed by atoms with E-state index in [0.29, 0.717) is 17.1 Å². The van der Waals surface area contributed by atoms with Gasteiger partial charge in [0.1, 0.15) is 12.4 Å². The molecule has 2 aromatic rings. The molecule has 0 amide bonds. The highest BCUT2D eigenvalue weighted by Gasteiger charge is 2.44. The van der Waals surface area contributed by atoms with Crippen LogP contribution >= 0.6 is 0 Å². The first-order chi connectivity index (χ1) is 13.8. The molecule has 1 fully saturated rings. The van der Waals surface area contributed by atoms with Crippen LogP contribution in [-0.4, -0.2) is 12.8 Å². The molecule has 1 saturated carbocycles. The SMILES string of the molecule is C=CCOC(=O)Oc1ccc(C2(c3ccc(C)cc3)CCC(C)(C)C(C)C2)cc1. The molecular formula is C26H32O3. The predicted molar refractivity (Wildman–Crippen MR) is 117 cm³/mol. The van der Waals surface area contributed by atoms with E-state index < -0.39 is 6.16 Å². The molecule has 2 unspecified atom stereocenters. The van der Waals surface area contributed by atoms with Crippen LogP contribution < -0.4 is 4.74 Å². The minimum Gasteiger partial charge on any atom is -0.430 e. The van der Waals surface area contributed by atoms with Crippen LogP contribution in [-0.2, 0) is 10.2 Å². The second-order valence-corrected chi connectivity index (χ2v) is 9.02. The molecule has 1 aliphatic rings. The number of benzene rings is 2. The lowest BCUT2D eigenvalue weighted by Gasteiger charge is -2.48. The number of carbonyl (C=O) groups is 1. The smallest absolute Gasteiger partial charge is 0.430 e. The van der Waals surface area contributed by atoms with Gasteiger partial charge in [0.2, 0.25) is 0 Å². The highest BCUT2D eigenvalue weighted by atomic mass is 16.7. The largest absolute Gasteiger partial charge is 0.514 e. The second kappa shape index (κ2) is 8.44. The average Bonchev–Trinajstić information content (AvgIpc) is 2.70. The summed E-state index contributed by atoms with van der Waals surface area (Å²) >= 11 is 0. The van der Waals surface area contributed by atoms with Crippen molar-refractivity contribution >= 4 is 6.16 Å². The maximum atomic E-state index is 11.7. The Morgan fingerprint density at radius 3 is 2.21 bits per heavy atom. The number of hydrogen-bond donors (Lipinski definition) is 0. The van der Waals surface area contributed by atoms with E-state index in [4.69, 9.17) is 9.47 Å². The third-order valence-corrected chi connectivity index (χ3v) is 6.72. The van der Waals surface area contributed by atoms with Crippen LogP contribution in [0.3, 0.4) is 0 Å².